The quantitative estimate of drug-likeness (QED) is 0.471. The zero-order valence-electron chi connectivity index (χ0n) is 9.63. The lowest BCUT2D eigenvalue weighted by Crippen LogP contribution is -1.75. The van der Waals surface area contributed by atoms with Crippen LogP contribution in [-0.2, 0) is 0 Å². The number of benzene rings is 2. The van der Waals surface area contributed by atoms with E-state index < -0.39 is 0 Å². The molecule has 2 aromatic carbocycles. The Kier molecular flexibility index (Phi) is 3.40. The number of nitrogens with zero attached hydrogens (tertiary/aromatic N) is 2. The third kappa shape index (κ3) is 2.57. The molecule has 0 aliphatic heterocycles. The maximum Gasteiger partial charge on any atom is 0.124 e. The van der Waals surface area contributed by atoms with E-state index in [9.17, 15) is 0 Å². The number of hydrogen-bond acceptors (Lipinski definition) is 4. The molecular weight excluding hydrogens is 296 g/mol. The van der Waals surface area contributed by atoms with Crippen molar-refractivity contribution in [3.8, 4) is 10.6 Å². The van der Waals surface area contributed by atoms with Crippen molar-refractivity contribution in [2.75, 3.05) is 0 Å². The minimum atomic E-state index is 0.711. The first-order chi connectivity index (χ1) is 9.26. The predicted molar refractivity (Wildman–Crippen MR) is 84.8 cm³/mol. The number of thiocarbonyl (C=S) groups is 1. The van der Waals surface area contributed by atoms with Crippen LogP contribution in [0.25, 0.3) is 20.8 Å². The van der Waals surface area contributed by atoms with Crippen LogP contribution in [0.15, 0.2) is 47.5 Å². The Morgan fingerprint density at radius 2 is 2.11 bits per heavy atom. The van der Waals surface area contributed by atoms with Crippen molar-refractivity contribution in [1.29, 1.82) is 0 Å². The van der Waals surface area contributed by atoms with E-state index in [1.54, 1.807) is 11.3 Å². The third-order valence-corrected chi connectivity index (χ3v) is 4.01. The normalized spacial score (nSPS) is 10.4. The Bertz CT molecular complexity index is 804. The number of hydrogen-bond donors (Lipinski definition) is 0. The van der Waals surface area contributed by atoms with Gasteiger partial charge in [-0.1, -0.05) is 23.7 Å². The molecule has 0 radical (unpaired) electrons. The molecule has 0 fully saturated rings. The van der Waals surface area contributed by atoms with Crippen LogP contribution in [0.5, 0.6) is 0 Å². The van der Waals surface area contributed by atoms with Gasteiger partial charge in [0.1, 0.15) is 5.01 Å². The molecular formula is C14H7ClN2S2. The highest BCUT2D eigenvalue weighted by molar-refractivity contribution is 7.78. The van der Waals surface area contributed by atoms with E-state index >= 15 is 0 Å². The van der Waals surface area contributed by atoms with E-state index in [1.165, 1.54) is 0 Å². The van der Waals surface area contributed by atoms with E-state index in [-0.39, 0.29) is 0 Å². The zero-order valence-corrected chi connectivity index (χ0v) is 12.0. The number of isothiocyanates is 1. The molecule has 0 spiro atoms. The Labute approximate surface area is 124 Å². The van der Waals surface area contributed by atoms with Crippen molar-refractivity contribution in [3.63, 3.8) is 0 Å². The van der Waals surface area contributed by atoms with E-state index in [0.29, 0.717) is 5.02 Å². The molecule has 0 N–H and O–H groups in total. The summed E-state index contributed by atoms with van der Waals surface area (Å²) in [4.78, 5) is 8.57. The third-order valence-electron chi connectivity index (χ3n) is 2.62. The van der Waals surface area contributed by atoms with Gasteiger partial charge in [0.2, 0.25) is 0 Å². The van der Waals surface area contributed by atoms with Gasteiger partial charge < -0.3 is 0 Å². The van der Waals surface area contributed by atoms with Gasteiger partial charge in [0.25, 0.3) is 0 Å². The molecule has 0 saturated heterocycles. The van der Waals surface area contributed by atoms with Crippen molar-refractivity contribution in [1.82, 2.24) is 4.98 Å². The standard InChI is InChI=1S/C14H7ClN2S2/c15-10-3-1-2-9(6-10)14-17-12-5-4-11(16-8-18)7-13(12)19-14/h1-7H. The summed E-state index contributed by atoms with van der Waals surface area (Å²) in [6, 6.07) is 13.5. The fourth-order valence-corrected chi connectivity index (χ4v) is 3.07. The second-order valence-electron chi connectivity index (χ2n) is 3.88. The second-order valence-corrected chi connectivity index (χ2v) is 5.53. The smallest absolute Gasteiger partial charge is 0.124 e. The number of fused-ring (bicyclic) bond motifs is 1. The summed E-state index contributed by atoms with van der Waals surface area (Å²) in [5.74, 6) is 0. The molecule has 0 saturated carbocycles. The van der Waals surface area contributed by atoms with Gasteiger partial charge in [-0.15, -0.1) is 11.3 Å². The minimum Gasteiger partial charge on any atom is -0.236 e. The molecule has 92 valence electrons. The van der Waals surface area contributed by atoms with Crippen molar-refractivity contribution >= 4 is 56.2 Å². The highest BCUT2D eigenvalue weighted by atomic mass is 35.5. The van der Waals surface area contributed by atoms with Crippen LogP contribution < -0.4 is 0 Å². The van der Waals surface area contributed by atoms with Gasteiger partial charge in [-0.3, -0.25) is 0 Å². The van der Waals surface area contributed by atoms with Gasteiger partial charge in [0.05, 0.1) is 21.1 Å². The minimum absolute atomic E-state index is 0.711. The average Bonchev–Trinajstić information content (AvgIpc) is 2.82. The summed E-state index contributed by atoms with van der Waals surface area (Å²) < 4.78 is 1.07. The lowest BCUT2D eigenvalue weighted by atomic mass is 10.2. The first-order valence-electron chi connectivity index (χ1n) is 5.51. The van der Waals surface area contributed by atoms with Crippen LogP contribution >= 0.6 is 35.2 Å². The van der Waals surface area contributed by atoms with Gasteiger partial charge >= 0.3 is 0 Å². The van der Waals surface area contributed by atoms with Gasteiger partial charge in [-0.05, 0) is 42.5 Å². The van der Waals surface area contributed by atoms with E-state index in [1.807, 2.05) is 42.5 Å². The maximum atomic E-state index is 6.00. The summed E-state index contributed by atoms with van der Waals surface area (Å²) in [6.07, 6.45) is 0. The van der Waals surface area contributed by atoms with Crippen LogP contribution in [0.3, 0.4) is 0 Å². The first kappa shape index (κ1) is 12.5. The van der Waals surface area contributed by atoms with Crippen LogP contribution in [-0.4, -0.2) is 10.1 Å². The molecule has 0 atom stereocenters. The molecule has 2 nitrogen and oxygen atoms in total. The summed E-state index contributed by atoms with van der Waals surface area (Å²) in [5, 5.41) is 4.03. The lowest BCUT2D eigenvalue weighted by molar-refractivity contribution is 1.47. The molecule has 1 heterocycles. The fourth-order valence-electron chi connectivity index (χ4n) is 1.78. The molecule has 0 aliphatic rings. The van der Waals surface area contributed by atoms with Crippen molar-refractivity contribution in [3.05, 3.63) is 47.5 Å². The topological polar surface area (TPSA) is 25.2 Å². The number of rotatable bonds is 2. The summed E-state index contributed by atoms with van der Waals surface area (Å²) in [7, 11) is 0. The zero-order chi connectivity index (χ0) is 13.2. The Morgan fingerprint density at radius 1 is 1.21 bits per heavy atom. The maximum absolute atomic E-state index is 6.00. The van der Waals surface area contributed by atoms with E-state index in [2.05, 4.69) is 27.4 Å². The van der Waals surface area contributed by atoms with Gasteiger partial charge in [0.15, 0.2) is 0 Å². The predicted octanol–water partition coefficient (Wildman–Crippen LogP) is 5.35. The highest BCUT2D eigenvalue weighted by Gasteiger charge is 2.07. The first-order valence-corrected chi connectivity index (χ1v) is 7.11. The van der Waals surface area contributed by atoms with Crippen LogP contribution in [0.1, 0.15) is 0 Å². The Morgan fingerprint density at radius 3 is 2.89 bits per heavy atom. The van der Waals surface area contributed by atoms with Crippen LogP contribution in [0.4, 0.5) is 5.69 Å². The lowest BCUT2D eigenvalue weighted by Gasteiger charge is -1.95. The summed E-state index contributed by atoms with van der Waals surface area (Å²) in [5.41, 5.74) is 2.76. The largest absolute Gasteiger partial charge is 0.236 e. The molecule has 1 aromatic heterocycles. The fraction of sp³-hybridized carbons (Fsp3) is 0. The molecule has 0 aliphatic carbocycles. The van der Waals surface area contributed by atoms with Gasteiger partial charge in [-0.25, -0.2) is 4.98 Å². The van der Waals surface area contributed by atoms with Gasteiger partial charge in [0, 0.05) is 10.6 Å². The molecule has 3 rings (SSSR count). The summed E-state index contributed by atoms with van der Waals surface area (Å²) >= 11 is 12.2. The second kappa shape index (κ2) is 5.19. The molecule has 3 aromatic rings. The molecule has 19 heavy (non-hydrogen) atoms. The molecule has 0 amide bonds. The Balaban J connectivity index is 2.13. The van der Waals surface area contributed by atoms with Crippen LogP contribution in [0, 0.1) is 0 Å². The number of halogens is 1. The van der Waals surface area contributed by atoms with Gasteiger partial charge in [-0.2, -0.15) is 4.99 Å². The van der Waals surface area contributed by atoms with E-state index in [4.69, 9.17) is 11.6 Å². The van der Waals surface area contributed by atoms with Crippen molar-refractivity contribution in [2.45, 2.75) is 0 Å². The molecule has 0 bridgehead atoms. The summed E-state index contributed by atoms with van der Waals surface area (Å²) in [6.45, 7) is 0. The van der Waals surface area contributed by atoms with Crippen molar-refractivity contribution in [2.24, 2.45) is 4.99 Å². The van der Waals surface area contributed by atoms with Crippen molar-refractivity contribution < 1.29 is 0 Å². The Hall–Kier alpha value is -1.58. The van der Waals surface area contributed by atoms with Crippen LogP contribution in [0.2, 0.25) is 5.02 Å². The SMILES string of the molecule is S=C=Nc1ccc2nc(-c3cccc(Cl)c3)sc2c1. The molecule has 5 heteroatoms. The monoisotopic (exact) mass is 302 g/mol. The van der Waals surface area contributed by atoms with E-state index in [0.717, 1.165) is 26.5 Å². The number of aromatic nitrogens is 1. The average molecular weight is 303 g/mol. The number of thiazole rings is 1. The number of aliphatic imine (C=N–C) groups is 1. The highest BCUT2D eigenvalue weighted by Crippen LogP contribution is 2.33. The molecule has 0 unspecified atom stereocenters.